The van der Waals surface area contributed by atoms with Gasteiger partial charge in [0, 0.05) is 30.6 Å². The van der Waals surface area contributed by atoms with Gasteiger partial charge in [-0.2, -0.15) is 5.26 Å². The number of aliphatic hydroxyl groups excluding tert-OH is 1. The Morgan fingerprint density at radius 1 is 1.07 bits per heavy atom. The molecule has 1 aliphatic rings. The average Bonchev–Trinajstić information content (AvgIpc) is 3.21. The highest BCUT2D eigenvalue weighted by Crippen LogP contribution is 2.42. The van der Waals surface area contributed by atoms with Crippen molar-refractivity contribution in [2.24, 2.45) is 7.05 Å². The molecule has 1 N–H and O–H groups in total. The van der Waals surface area contributed by atoms with E-state index in [2.05, 4.69) is 56.6 Å². The van der Waals surface area contributed by atoms with Gasteiger partial charge in [0.2, 0.25) is 0 Å². The molecule has 0 fully saturated rings. The molecule has 0 spiro atoms. The summed E-state index contributed by atoms with van der Waals surface area (Å²) < 4.78 is 2.16. The molecule has 0 amide bonds. The fourth-order valence-corrected chi connectivity index (χ4v) is 4.99. The Kier molecular flexibility index (Phi) is 4.40. The minimum absolute atomic E-state index is 0.615. The minimum atomic E-state index is -0.697. The van der Waals surface area contributed by atoms with Crippen LogP contribution in [0.5, 0.6) is 0 Å². The molecule has 0 aliphatic heterocycles. The van der Waals surface area contributed by atoms with Crippen molar-refractivity contribution in [1.82, 2.24) is 9.55 Å². The second-order valence-electron chi connectivity index (χ2n) is 8.40. The number of nitriles is 1. The molecule has 1 aliphatic carbocycles. The van der Waals surface area contributed by atoms with Crippen LogP contribution >= 0.6 is 0 Å². The quantitative estimate of drug-likeness (QED) is 0.677. The summed E-state index contributed by atoms with van der Waals surface area (Å²) in [4.78, 5) is 4.66. The predicted molar refractivity (Wildman–Crippen MR) is 117 cm³/mol. The van der Waals surface area contributed by atoms with Crippen LogP contribution < -0.4 is 0 Å². The molecule has 4 nitrogen and oxygen atoms in total. The molecule has 0 radical (unpaired) electrons. The zero-order chi connectivity index (χ0) is 21.2. The number of aliphatic hydroxyl groups is 1. The van der Waals surface area contributed by atoms with Crippen LogP contribution in [0, 0.1) is 52.9 Å². The molecule has 3 aromatic rings. The van der Waals surface area contributed by atoms with Gasteiger partial charge in [-0.15, -0.1) is 0 Å². The molecule has 4 rings (SSSR count). The molecule has 1 unspecified atom stereocenters. The first-order valence-electron chi connectivity index (χ1n) is 10.0. The third-order valence-electron chi connectivity index (χ3n) is 6.72. The fraction of sp³-hybridized carbons (Fsp3) is 0.360. The molecule has 29 heavy (non-hydrogen) atoms. The van der Waals surface area contributed by atoms with E-state index < -0.39 is 6.10 Å². The van der Waals surface area contributed by atoms with Crippen molar-refractivity contribution in [3.8, 4) is 6.07 Å². The summed E-state index contributed by atoms with van der Waals surface area (Å²) in [5.41, 5.74) is 12.2. The number of aryl methyl sites for hydroxylation is 4. The molecule has 2 heterocycles. The molecule has 2 aromatic heterocycles. The van der Waals surface area contributed by atoms with E-state index in [0.717, 1.165) is 44.6 Å². The van der Waals surface area contributed by atoms with Gasteiger partial charge in [0.1, 0.15) is 12.2 Å². The number of benzene rings is 1. The standard InChI is InChI=1S/C25H27N3O/c1-12-11-28(7)24-15(4)13(2)14(3)23(22(12)24)25(29)18-8-19-16(5)20(10-26)17(6)27-21(19)9-18/h8,11,25,29H,9H2,1-7H3. The van der Waals surface area contributed by atoms with Gasteiger partial charge >= 0.3 is 0 Å². The van der Waals surface area contributed by atoms with Gasteiger partial charge in [-0.1, -0.05) is 6.08 Å². The van der Waals surface area contributed by atoms with E-state index in [-0.39, 0.29) is 0 Å². The largest absolute Gasteiger partial charge is 0.384 e. The van der Waals surface area contributed by atoms with E-state index in [4.69, 9.17) is 0 Å². The van der Waals surface area contributed by atoms with Crippen molar-refractivity contribution in [1.29, 1.82) is 5.26 Å². The zero-order valence-electron chi connectivity index (χ0n) is 18.2. The predicted octanol–water partition coefficient (Wildman–Crippen LogP) is 4.97. The maximum Gasteiger partial charge on any atom is 0.102 e. The Labute approximate surface area is 172 Å². The number of rotatable bonds is 2. The number of hydrogen-bond donors (Lipinski definition) is 1. The molecular formula is C25H27N3O. The fourth-order valence-electron chi connectivity index (χ4n) is 4.99. The average molecular weight is 386 g/mol. The number of nitrogens with zero attached hydrogens (tertiary/aromatic N) is 3. The first-order chi connectivity index (χ1) is 13.7. The number of fused-ring (bicyclic) bond motifs is 2. The number of aromatic nitrogens is 2. The second-order valence-corrected chi connectivity index (χ2v) is 8.40. The summed E-state index contributed by atoms with van der Waals surface area (Å²) in [6.07, 6.45) is 4.10. The summed E-state index contributed by atoms with van der Waals surface area (Å²) in [5.74, 6) is 0. The minimum Gasteiger partial charge on any atom is -0.384 e. The Hall–Kier alpha value is -2.90. The van der Waals surface area contributed by atoms with Crippen LogP contribution in [0.1, 0.15) is 62.0 Å². The van der Waals surface area contributed by atoms with E-state index in [9.17, 15) is 10.4 Å². The van der Waals surface area contributed by atoms with Crippen LogP contribution in [-0.4, -0.2) is 14.7 Å². The topological polar surface area (TPSA) is 61.8 Å². The maximum atomic E-state index is 11.5. The lowest BCUT2D eigenvalue weighted by Crippen LogP contribution is -2.08. The maximum absolute atomic E-state index is 11.5. The van der Waals surface area contributed by atoms with E-state index in [0.29, 0.717) is 12.0 Å². The number of pyridine rings is 1. The van der Waals surface area contributed by atoms with Crippen molar-refractivity contribution in [3.63, 3.8) is 0 Å². The monoisotopic (exact) mass is 385 g/mol. The lowest BCUT2D eigenvalue weighted by molar-refractivity contribution is 0.215. The Morgan fingerprint density at radius 2 is 1.76 bits per heavy atom. The van der Waals surface area contributed by atoms with Gasteiger partial charge in [0.15, 0.2) is 0 Å². The van der Waals surface area contributed by atoms with Crippen LogP contribution in [0.15, 0.2) is 11.8 Å². The second kappa shape index (κ2) is 6.57. The van der Waals surface area contributed by atoms with Crippen molar-refractivity contribution in [2.45, 2.75) is 54.1 Å². The van der Waals surface area contributed by atoms with Gasteiger partial charge in [-0.05, 0) is 80.5 Å². The van der Waals surface area contributed by atoms with Crippen molar-refractivity contribution < 1.29 is 5.11 Å². The molecule has 1 atom stereocenters. The van der Waals surface area contributed by atoms with Gasteiger partial charge in [0.05, 0.1) is 22.5 Å². The van der Waals surface area contributed by atoms with Crippen LogP contribution in [-0.2, 0) is 13.5 Å². The zero-order valence-corrected chi connectivity index (χ0v) is 18.2. The summed E-state index contributed by atoms with van der Waals surface area (Å²) in [6.45, 7) is 12.4. The van der Waals surface area contributed by atoms with Gasteiger partial charge < -0.3 is 9.67 Å². The van der Waals surface area contributed by atoms with Gasteiger partial charge in [0.25, 0.3) is 0 Å². The van der Waals surface area contributed by atoms with Crippen LogP contribution in [0.3, 0.4) is 0 Å². The van der Waals surface area contributed by atoms with Crippen LogP contribution in [0.2, 0.25) is 0 Å². The smallest absolute Gasteiger partial charge is 0.102 e. The first kappa shape index (κ1) is 19.4. The molecule has 148 valence electrons. The molecule has 1 aromatic carbocycles. The Bertz CT molecular complexity index is 1270. The molecule has 0 bridgehead atoms. The number of hydrogen-bond acceptors (Lipinski definition) is 3. The molecule has 4 heteroatoms. The normalized spacial score (nSPS) is 14.1. The summed E-state index contributed by atoms with van der Waals surface area (Å²) in [7, 11) is 2.07. The highest BCUT2D eigenvalue weighted by molar-refractivity contribution is 5.93. The van der Waals surface area contributed by atoms with Crippen LogP contribution in [0.4, 0.5) is 0 Å². The lowest BCUT2D eigenvalue weighted by Gasteiger charge is -2.21. The van der Waals surface area contributed by atoms with Gasteiger partial charge in [-0.25, -0.2) is 0 Å². The first-order valence-corrected chi connectivity index (χ1v) is 10.0. The lowest BCUT2D eigenvalue weighted by atomic mass is 9.87. The summed E-state index contributed by atoms with van der Waals surface area (Å²) in [5, 5.41) is 22.2. The molecular weight excluding hydrogens is 358 g/mol. The SMILES string of the molecule is Cc1nc2c(c(C)c1C#N)C=C(C(O)c1c(C)c(C)c(C)c3c1c(C)cn3C)C2. The highest BCUT2D eigenvalue weighted by Gasteiger charge is 2.28. The highest BCUT2D eigenvalue weighted by atomic mass is 16.3. The van der Waals surface area contributed by atoms with Crippen molar-refractivity contribution >= 4 is 17.0 Å². The molecule has 0 saturated heterocycles. The summed E-state index contributed by atoms with van der Waals surface area (Å²) >= 11 is 0. The third kappa shape index (κ3) is 2.65. The van der Waals surface area contributed by atoms with Crippen molar-refractivity contribution in [3.05, 3.63) is 67.7 Å². The molecule has 0 saturated carbocycles. The van der Waals surface area contributed by atoms with E-state index in [1.54, 1.807) is 0 Å². The summed E-state index contributed by atoms with van der Waals surface area (Å²) in [6, 6.07) is 2.27. The van der Waals surface area contributed by atoms with E-state index >= 15 is 0 Å². The Morgan fingerprint density at radius 3 is 2.41 bits per heavy atom. The van der Waals surface area contributed by atoms with E-state index in [1.165, 1.54) is 22.2 Å². The van der Waals surface area contributed by atoms with Crippen molar-refractivity contribution in [2.75, 3.05) is 0 Å². The third-order valence-corrected chi connectivity index (χ3v) is 6.72. The van der Waals surface area contributed by atoms with Crippen LogP contribution in [0.25, 0.3) is 17.0 Å². The van der Waals surface area contributed by atoms with E-state index in [1.807, 2.05) is 19.9 Å². The Balaban J connectivity index is 1.92. The van der Waals surface area contributed by atoms with Gasteiger partial charge in [-0.3, -0.25) is 4.98 Å².